The highest BCUT2D eigenvalue weighted by Crippen LogP contribution is 2.30. The second kappa shape index (κ2) is 4.29. The predicted octanol–water partition coefficient (Wildman–Crippen LogP) is 2.45. The third-order valence-electron chi connectivity index (χ3n) is 2.44. The molecule has 2 nitrogen and oxygen atoms in total. The van der Waals surface area contributed by atoms with Crippen molar-refractivity contribution in [3.8, 4) is 0 Å². The van der Waals surface area contributed by atoms with Crippen LogP contribution < -0.4 is 0 Å². The Balaban J connectivity index is 2.22. The van der Waals surface area contributed by atoms with E-state index in [4.69, 9.17) is 5.11 Å². The summed E-state index contributed by atoms with van der Waals surface area (Å²) in [5.41, 5.74) is 0. The first kappa shape index (κ1) is 9.30. The van der Waals surface area contributed by atoms with E-state index in [1.165, 1.54) is 19.3 Å². The van der Waals surface area contributed by atoms with Gasteiger partial charge in [-0.05, 0) is 24.7 Å². The molecule has 0 aliphatic heterocycles. The van der Waals surface area contributed by atoms with E-state index >= 15 is 0 Å². The zero-order valence-corrected chi connectivity index (χ0v) is 7.49. The molecule has 2 unspecified atom stereocenters. The van der Waals surface area contributed by atoms with Crippen LogP contribution in [0, 0.1) is 11.8 Å². The van der Waals surface area contributed by atoms with E-state index in [1.54, 1.807) is 6.08 Å². The summed E-state index contributed by atoms with van der Waals surface area (Å²) in [5, 5.41) is 8.39. The summed E-state index contributed by atoms with van der Waals surface area (Å²) in [4.78, 5) is 10.2. The molecule has 0 spiro atoms. The summed E-state index contributed by atoms with van der Waals surface area (Å²) in [7, 11) is 0. The molecule has 0 aromatic rings. The Morgan fingerprint density at radius 3 is 2.83 bits per heavy atom. The fraction of sp³-hybridized carbons (Fsp3) is 0.700. The van der Waals surface area contributed by atoms with Crippen molar-refractivity contribution in [2.75, 3.05) is 0 Å². The monoisotopic (exact) mass is 168 g/mol. The van der Waals surface area contributed by atoms with Crippen LogP contribution in [0.15, 0.2) is 12.2 Å². The molecule has 0 amide bonds. The van der Waals surface area contributed by atoms with E-state index in [9.17, 15) is 4.79 Å². The Morgan fingerprint density at radius 1 is 1.58 bits per heavy atom. The van der Waals surface area contributed by atoms with Gasteiger partial charge in [0.15, 0.2) is 0 Å². The van der Waals surface area contributed by atoms with Gasteiger partial charge in [-0.15, -0.1) is 0 Å². The molecular weight excluding hydrogens is 152 g/mol. The van der Waals surface area contributed by atoms with Crippen molar-refractivity contribution >= 4 is 5.97 Å². The third kappa shape index (κ3) is 3.07. The van der Waals surface area contributed by atoms with Gasteiger partial charge in [0.05, 0.1) is 6.42 Å². The zero-order chi connectivity index (χ0) is 8.97. The van der Waals surface area contributed by atoms with Gasteiger partial charge in [0.2, 0.25) is 0 Å². The van der Waals surface area contributed by atoms with Crippen molar-refractivity contribution in [2.24, 2.45) is 11.8 Å². The Hall–Kier alpha value is -0.790. The highest BCUT2D eigenvalue weighted by atomic mass is 16.4. The van der Waals surface area contributed by atoms with Crippen molar-refractivity contribution in [2.45, 2.75) is 32.6 Å². The molecule has 0 saturated heterocycles. The number of rotatable bonds is 3. The largest absolute Gasteiger partial charge is 0.481 e. The molecule has 0 aromatic heterocycles. The van der Waals surface area contributed by atoms with Crippen molar-refractivity contribution < 1.29 is 9.90 Å². The van der Waals surface area contributed by atoms with Gasteiger partial charge < -0.3 is 5.11 Å². The van der Waals surface area contributed by atoms with Crippen LogP contribution in [0.3, 0.4) is 0 Å². The first-order chi connectivity index (χ1) is 5.68. The maximum Gasteiger partial charge on any atom is 0.307 e. The lowest BCUT2D eigenvalue weighted by Gasteiger charge is -2.00. The van der Waals surface area contributed by atoms with Crippen LogP contribution >= 0.6 is 0 Å². The van der Waals surface area contributed by atoms with Gasteiger partial charge in [0.25, 0.3) is 0 Å². The first-order valence-electron chi connectivity index (χ1n) is 4.57. The molecule has 0 aromatic carbocycles. The van der Waals surface area contributed by atoms with E-state index in [-0.39, 0.29) is 6.42 Å². The summed E-state index contributed by atoms with van der Waals surface area (Å²) in [5.74, 6) is 0.723. The summed E-state index contributed by atoms with van der Waals surface area (Å²) < 4.78 is 0. The van der Waals surface area contributed by atoms with Crippen LogP contribution in [-0.2, 0) is 4.79 Å². The SMILES string of the molecule is CC1CCC(/C=C/CC(=O)O)C1. The van der Waals surface area contributed by atoms with Crippen molar-refractivity contribution in [1.29, 1.82) is 0 Å². The van der Waals surface area contributed by atoms with E-state index in [0.717, 1.165) is 5.92 Å². The average Bonchev–Trinajstić information content (AvgIpc) is 2.35. The maximum atomic E-state index is 10.2. The molecule has 0 radical (unpaired) electrons. The number of aliphatic carboxylic acids is 1. The minimum atomic E-state index is -0.739. The Kier molecular flexibility index (Phi) is 3.32. The van der Waals surface area contributed by atoms with Gasteiger partial charge in [-0.3, -0.25) is 4.79 Å². The molecule has 2 heteroatoms. The second-order valence-corrected chi connectivity index (χ2v) is 3.70. The molecule has 1 N–H and O–H groups in total. The van der Waals surface area contributed by atoms with E-state index in [1.807, 2.05) is 0 Å². The Bertz CT molecular complexity index is 184. The quantitative estimate of drug-likeness (QED) is 0.657. The molecule has 0 heterocycles. The smallest absolute Gasteiger partial charge is 0.307 e. The standard InChI is InChI=1S/C10H16O2/c1-8-5-6-9(7-8)3-2-4-10(11)12/h2-3,8-9H,4-7H2,1H3,(H,11,12)/b3-2+. The molecule has 1 saturated carbocycles. The fourth-order valence-corrected chi connectivity index (χ4v) is 1.79. The van der Waals surface area contributed by atoms with E-state index < -0.39 is 5.97 Å². The molecule has 2 atom stereocenters. The maximum absolute atomic E-state index is 10.2. The van der Waals surface area contributed by atoms with Crippen molar-refractivity contribution in [3.63, 3.8) is 0 Å². The summed E-state index contributed by atoms with van der Waals surface area (Å²) in [6.45, 7) is 2.25. The number of allylic oxidation sites excluding steroid dienone is 1. The fourth-order valence-electron chi connectivity index (χ4n) is 1.79. The van der Waals surface area contributed by atoms with Crippen LogP contribution in [0.1, 0.15) is 32.6 Å². The molecule has 0 bridgehead atoms. The molecular formula is C10H16O2. The third-order valence-corrected chi connectivity index (χ3v) is 2.44. The van der Waals surface area contributed by atoms with Crippen LogP contribution in [0.4, 0.5) is 0 Å². The molecule has 12 heavy (non-hydrogen) atoms. The van der Waals surface area contributed by atoms with Gasteiger partial charge >= 0.3 is 5.97 Å². The predicted molar refractivity (Wildman–Crippen MR) is 47.9 cm³/mol. The van der Waals surface area contributed by atoms with Crippen LogP contribution in [0.5, 0.6) is 0 Å². The van der Waals surface area contributed by atoms with Gasteiger partial charge in [0, 0.05) is 0 Å². The lowest BCUT2D eigenvalue weighted by Crippen LogP contribution is -1.92. The highest BCUT2D eigenvalue weighted by Gasteiger charge is 2.18. The lowest BCUT2D eigenvalue weighted by molar-refractivity contribution is -0.136. The number of hydrogen-bond donors (Lipinski definition) is 1. The number of hydrogen-bond acceptors (Lipinski definition) is 1. The van der Waals surface area contributed by atoms with Gasteiger partial charge in [-0.1, -0.05) is 25.5 Å². The second-order valence-electron chi connectivity index (χ2n) is 3.70. The number of carboxylic acids is 1. The van der Waals surface area contributed by atoms with Gasteiger partial charge in [0.1, 0.15) is 0 Å². The van der Waals surface area contributed by atoms with Crippen LogP contribution in [-0.4, -0.2) is 11.1 Å². The lowest BCUT2D eigenvalue weighted by atomic mass is 10.1. The average molecular weight is 168 g/mol. The molecule has 1 rings (SSSR count). The molecule has 1 aliphatic carbocycles. The summed E-state index contributed by atoms with van der Waals surface area (Å²) in [6.07, 6.45) is 7.78. The Labute approximate surface area is 73.3 Å². The molecule has 68 valence electrons. The minimum absolute atomic E-state index is 0.172. The van der Waals surface area contributed by atoms with E-state index in [0.29, 0.717) is 5.92 Å². The molecule has 1 aliphatic rings. The summed E-state index contributed by atoms with van der Waals surface area (Å²) >= 11 is 0. The highest BCUT2D eigenvalue weighted by molar-refractivity contribution is 5.68. The van der Waals surface area contributed by atoms with Crippen molar-refractivity contribution in [3.05, 3.63) is 12.2 Å². The van der Waals surface area contributed by atoms with Crippen molar-refractivity contribution in [1.82, 2.24) is 0 Å². The first-order valence-corrected chi connectivity index (χ1v) is 4.57. The normalized spacial score (nSPS) is 29.8. The Morgan fingerprint density at radius 2 is 2.33 bits per heavy atom. The van der Waals surface area contributed by atoms with Crippen LogP contribution in [0.25, 0.3) is 0 Å². The van der Waals surface area contributed by atoms with E-state index in [2.05, 4.69) is 13.0 Å². The van der Waals surface area contributed by atoms with Crippen LogP contribution in [0.2, 0.25) is 0 Å². The number of carboxylic acid groups (broad SMARTS) is 1. The van der Waals surface area contributed by atoms with Gasteiger partial charge in [-0.25, -0.2) is 0 Å². The minimum Gasteiger partial charge on any atom is -0.481 e. The molecule has 1 fully saturated rings. The van der Waals surface area contributed by atoms with Gasteiger partial charge in [-0.2, -0.15) is 0 Å². The topological polar surface area (TPSA) is 37.3 Å². The summed E-state index contributed by atoms with van der Waals surface area (Å²) in [6, 6.07) is 0. The number of carbonyl (C=O) groups is 1. The zero-order valence-electron chi connectivity index (χ0n) is 7.49.